The quantitative estimate of drug-likeness (QED) is 0.703. The van der Waals surface area contributed by atoms with Gasteiger partial charge in [-0.1, -0.05) is 6.07 Å². The Balaban J connectivity index is 2.46. The van der Waals surface area contributed by atoms with E-state index in [0.29, 0.717) is 10.6 Å². The zero-order valence-corrected chi connectivity index (χ0v) is 11.3. The number of piperidine rings is 1. The van der Waals surface area contributed by atoms with Crippen LogP contribution in [-0.2, 0) is 10.0 Å². The van der Waals surface area contributed by atoms with Crippen LogP contribution in [0.5, 0.6) is 0 Å². The van der Waals surface area contributed by atoms with Crippen LogP contribution in [0.3, 0.4) is 0 Å². The predicted octanol–water partition coefficient (Wildman–Crippen LogP) is 0.644. The molecule has 0 radical (unpaired) electrons. The topological polar surface area (TPSA) is 84.2 Å². The highest BCUT2D eigenvalue weighted by Gasteiger charge is 2.24. The molecule has 2 rings (SSSR count). The van der Waals surface area contributed by atoms with Crippen molar-refractivity contribution in [2.24, 2.45) is 0 Å². The molecule has 1 aromatic carbocycles. The van der Waals surface area contributed by atoms with Crippen molar-refractivity contribution in [1.29, 1.82) is 0 Å². The van der Waals surface area contributed by atoms with Crippen LogP contribution in [0.25, 0.3) is 0 Å². The monoisotopic (exact) mass is 269 g/mol. The molecule has 6 heteroatoms. The highest BCUT2D eigenvalue weighted by Crippen LogP contribution is 2.31. The van der Waals surface area contributed by atoms with E-state index in [2.05, 4.69) is 10.0 Å². The second kappa shape index (κ2) is 5.26. The Morgan fingerprint density at radius 2 is 2.00 bits per heavy atom. The molecule has 1 aromatic rings. The summed E-state index contributed by atoms with van der Waals surface area (Å²) in [6.07, 6.45) is 1.91. The summed E-state index contributed by atoms with van der Waals surface area (Å²) in [5.74, 6) is 0.282. The van der Waals surface area contributed by atoms with E-state index in [9.17, 15) is 8.42 Å². The van der Waals surface area contributed by atoms with E-state index in [0.717, 1.165) is 31.5 Å². The Kier molecular flexibility index (Phi) is 3.89. The molecule has 100 valence electrons. The third-order valence-corrected chi connectivity index (χ3v) is 4.84. The van der Waals surface area contributed by atoms with E-state index in [1.807, 2.05) is 6.07 Å². The lowest BCUT2D eigenvalue weighted by molar-refractivity contribution is 0.455. The second-order valence-corrected chi connectivity index (χ2v) is 6.38. The number of rotatable bonds is 3. The molecule has 1 aliphatic heterocycles. The van der Waals surface area contributed by atoms with Gasteiger partial charge in [0, 0.05) is 5.69 Å². The number of benzene rings is 1. The Labute approximate surface area is 108 Å². The summed E-state index contributed by atoms with van der Waals surface area (Å²) in [6.45, 7) is 1.85. The first kappa shape index (κ1) is 13.3. The van der Waals surface area contributed by atoms with E-state index < -0.39 is 10.0 Å². The predicted molar refractivity (Wildman–Crippen MR) is 71.9 cm³/mol. The first-order valence-electron chi connectivity index (χ1n) is 6.08. The lowest BCUT2D eigenvalue weighted by Crippen LogP contribution is -2.28. The smallest absolute Gasteiger partial charge is 0.240 e. The standard InChI is InChI=1S/C12H19N3O2S/c1-14-18(16,17)12-8-10(13)2-3-11(12)9-4-6-15-7-5-9/h2-3,8-9,14-15H,4-7,13H2,1H3. The summed E-state index contributed by atoms with van der Waals surface area (Å²) in [7, 11) is -2.03. The summed E-state index contributed by atoms with van der Waals surface area (Å²) in [6, 6.07) is 5.16. The number of sulfonamides is 1. The SMILES string of the molecule is CNS(=O)(=O)c1cc(N)ccc1C1CCNCC1. The van der Waals surface area contributed by atoms with Crippen LogP contribution in [0.4, 0.5) is 5.69 Å². The van der Waals surface area contributed by atoms with Crippen LogP contribution >= 0.6 is 0 Å². The molecule has 18 heavy (non-hydrogen) atoms. The van der Waals surface area contributed by atoms with Gasteiger partial charge in [0.05, 0.1) is 4.90 Å². The summed E-state index contributed by atoms with van der Waals surface area (Å²) in [5, 5.41) is 3.28. The van der Waals surface area contributed by atoms with Crippen LogP contribution in [0.15, 0.2) is 23.1 Å². The van der Waals surface area contributed by atoms with E-state index in [1.165, 1.54) is 7.05 Å². The maximum Gasteiger partial charge on any atom is 0.240 e. The highest BCUT2D eigenvalue weighted by atomic mass is 32.2. The van der Waals surface area contributed by atoms with Gasteiger partial charge in [0.25, 0.3) is 0 Å². The molecule has 0 bridgehead atoms. The third-order valence-electron chi connectivity index (χ3n) is 3.37. The number of nitrogens with one attached hydrogen (secondary N) is 2. The fourth-order valence-corrected chi connectivity index (χ4v) is 3.42. The fraction of sp³-hybridized carbons (Fsp3) is 0.500. The molecule has 0 spiro atoms. The van der Waals surface area contributed by atoms with Gasteiger partial charge in [-0.15, -0.1) is 0 Å². The van der Waals surface area contributed by atoms with Gasteiger partial charge in [-0.25, -0.2) is 13.1 Å². The Bertz CT molecular complexity index is 522. The molecule has 5 nitrogen and oxygen atoms in total. The molecular formula is C12H19N3O2S. The van der Waals surface area contributed by atoms with Crippen molar-refractivity contribution in [3.05, 3.63) is 23.8 Å². The molecule has 0 saturated carbocycles. The van der Waals surface area contributed by atoms with Gasteiger partial charge in [0.15, 0.2) is 0 Å². The second-order valence-electron chi connectivity index (χ2n) is 4.53. The Morgan fingerprint density at radius 1 is 1.33 bits per heavy atom. The molecular weight excluding hydrogens is 250 g/mol. The van der Waals surface area contributed by atoms with Gasteiger partial charge in [-0.3, -0.25) is 0 Å². The fourth-order valence-electron chi connectivity index (χ4n) is 2.36. The average molecular weight is 269 g/mol. The molecule has 1 heterocycles. The number of hydrogen-bond donors (Lipinski definition) is 3. The van der Waals surface area contributed by atoms with Crippen molar-refractivity contribution >= 4 is 15.7 Å². The first-order chi connectivity index (χ1) is 8.54. The van der Waals surface area contributed by atoms with Crippen molar-refractivity contribution in [3.8, 4) is 0 Å². The van der Waals surface area contributed by atoms with Crippen molar-refractivity contribution in [3.63, 3.8) is 0 Å². The van der Waals surface area contributed by atoms with Crippen molar-refractivity contribution in [1.82, 2.24) is 10.0 Å². The highest BCUT2D eigenvalue weighted by molar-refractivity contribution is 7.89. The van der Waals surface area contributed by atoms with Crippen molar-refractivity contribution in [2.45, 2.75) is 23.7 Å². The number of anilines is 1. The van der Waals surface area contributed by atoms with Crippen LogP contribution in [0.1, 0.15) is 24.3 Å². The van der Waals surface area contributed by atoms with Gasteiger partial charge >= 0.3 is 0 Å². The first-order valence-corrected chi connectivity index (χ1v) is 7.56. The zero-order chi connectivity index (χ0) is 13.2. The van der Waals surface area contributed by atoms with Gasteiger partial charge in [0.1, 0.15) is 0 Å². The summed E-state index contributed by atoms with van der Waals surface area (Å²) < 4.78 is 26.4. The van der Waals surface area contributed by atoms with Gasteiger partial charge in [-0.2, -0.15) is 0 Å². The van der Waals surface area contributed by atoms with E-state index in [4.69, 9.17) is 5.73 Å². The summed E-state index contributed by atoms with van der Waals surface area (Å²) in [5.41, 5.74) is 7.05. The van der Waals surface area contributed by atoms with Gasteiger partial charge < -0.3 is 11.1 Å². The maximum absolute atomic E-state index is 12.0. The number of nitrogen functional groups attached to an aromatic ring is 1. The largest absolute Gasteiger partial charge is 0.399 e. The van der Waals surface area contributed by atoms with Crippen LogP contribution in [-0.4, -0.2) is 28.6 Å². The van der Waals surface area contributed by atoms with Crippen molar-refractivity contribution in [2.75, 3.05) is 25.9 Å². The van der Waals surface area contributed by atoms with E-state index in [1.54, 1.807) is 12.1 Å². The number of hydrogen-bond acceptors (Lipinski definition) is 4. The third kappa shape index (κ3) is 2.66. The molecule has 1 fully saturated rings. The van der Waals surface area contributed by atoms with Gasteiger partial charge in [0.2, 0.25) is 10.0 Å². The van der Waals surface area contributed by atoms with Crippen LogP contribution in [0, 0.1) is 0 Å². The minimum Gasteiger partial charge on any atom is -0.399 e. The Morgan fingerprint density at radius 3 is 2.61 bits per heavy atom. The minimum absolute atomic E-state index is 0.282. The molecule has 0 aromatic heterocycles. The summed E-state index contributed by atoms with van der Waals surface area (Å²) in [4.78, 5) is 0.317. The molecule has 1 saturated heterocycles. The molecule has 1 aliphatic rings. The van der Waals surface area contributed by atoms with E-state index in [-0.39, 0.29) is 5.92 Å². The Hall–Kier alpha value is -1.11. The lowest BCUT2D eigenvalue weighted by atomic mass is 9.90. The number of nitrogens with two attached hydrogens (primary N) is 1. The minimum atomic E-state index is -3.45. The van der Waals surface area contributed by atoms with Crippen LogP contribution in [0.2, 0.25) is 0 Å². The molecule has 0 amide bonds. The summed E-state index contributed by atoms with van der Waals surface area (Å²) >= 11 is 0. The normalized spacial score (nSPS) is 17.8. The molecule has 0 unspecified atom stereocenters. The van der Waals surface area contributed by atoms with Crippen LogP contribution < -0.4 is 15.8 Å². The van der Waals surface area contributed by atoms with Gasteiger partial charge in [-0.05, 0) is 56.6 Å². The van der Waals surface area contributed by atoms with E-state index >= 15 is 0 Å². The average Bonchev–Trinajstić information content (AvgIpc) is 2.39. The molecule has 4 N–H and O–H groups in total. The van der Waals surface area contributed by atoms with Crippen molar-refractivity contribution < 1.29 is 8.42 Å². The molecule has 0 aliphatic carbocycles. The zero-order valence-electron chi connectivity index (χ0n) is 10.4. The lowest BCUT2D eigenvalue weighted by Gasteiger charge is -2.25. The molecule has 0 atom stereocenters. The maximum atomic E-state index is 12.0.